The molecule has 0 saturated carbocycles. The third-order valence-electron chi connectivity index (χ3n) is 2.96. The lowest BCUT2D eigenvalue weighted by molar-refractivity contribution is -0.136. The van der Waals surface area contributed by atoms with Gasteiger partial charge in [-0.25, -0.2) is 9.97 Å². The van der Waals surface area contributed by atoms with Crippen LogP contribution in [-0.4, -0.2) is 36.1 Å². The Hall–Kier alpha value is -2.68. The van der Waals surface area contributed by atoms with Crippen LogP contribution in [0.2, 0.25) is 0 Å². The number of carbonyl (C=O) groups excluding carboxylic acids is 1. The summed E-state index contributed by atoms with van der Waals surface area (Å²) in [5.74, 6) is -0.576. The molecule has 0 saturated heterocycles. The lowest BCUT2D eigenvalue weighted by atomic mass is 10.1. The minimum Gasteiger partial charge on any atom is -0.383 e. The van der Waals surface area contributed by atoms with Gasteiger partial charge < -0.3 is 15.4 Å². The zero-order valence-corrected chi connectivity index (χ0v) is 12.7. The van der Waals surface area contributed by atoms with Crippen molar-refractivity contribution in [1.29, 1.82) is 0 Å². The molecule has 0 fully saturated rings. The first-order valence-corrected chi connectivity index (χ1v) is 6.95. The molecular weight excluding hydrogens is 325 g/mol. The number of rotatable bonds is 6. The Morgan fingerprint density at radius 1 is 1.25 bits per heavy atom. The van der Waals surface area contributed by atoms with Crippen LogP contribution in [0.5, 0.6) is 0 Å². The predicted molar refractivity (Wildman–Crippen MR) is 81.0 cm³/mol. The van der Waals surface area contributed by atoms with Crippen molar-refractivity contribution in [3.63, 3.8) is 0 Å². The number of methoxy groups -OCH3 is 1. The number of para-hydroxylation sites is 1. The Morgan fingerprint density at radius 3 is 2.71 bits per heavy atom. The number of amides is 1. The molecular formula is C15H15F3N4O2. The van der Waals surface area contributed by atoms with E-state index in [1.54, 1.807) is 0 Å². The van der Waals surface area contributed by atoms with Gasteiger partial charge in [-0.3, -0.25) is 4.79 Å². The maximum absolute atomic E-state index is 13.0. The molecule has 6 nitrogen and oxygen atoms in total. The average Bonchev–Trinajstić information content (AvgIpc) is 2.55. The van der Waals surface area contributed by atoms with Crippen LogP contribution < -0.4 is 10.6 Å². The number of hydrogen-bond acceptors (Lipinski definition) is 5. The molecule has 0 radical (unpaired) electrons. The van der Waals surface area contributed by atoms with Crippen molar-refractivity contribution in [3.8, 4) is 0 Å². The van der Waals surface area contributed by atoms with Gasteiger partial charge in [0.15, 0.2) is 0 Å². The average molecular weight is 340 g/mol. The van der Waals surface area contributed by atoms with Crippen LogP contribution in [-0.2, 0) is 10.9 Å². The molecule has 0 atom stereocenters. The van der Waals surface area contributed by atoms with Gasteiger partial charge in [0, 0.05) is 19.9 Å². The van der Waals surface area contributed by atoms with Crippen molar-refractivity contribution in [2.24, 2.45) is 0 Å². The second-order valence-electron chi connectivity index (χ2n) is 4.68. The summed E-state index contributed by atoms with van der Waals surface area (Å²) in [5, 5.41) is 5.06. The predicted octanol–water partition coefficient (Wildman–Crippen LogP) is 2.62. The molecule has 1 aromatic heterocycles. The maximum Gasteiger partial charge on any atom is 0.418 e. The van der Waals surface area contributed by atoms with E-state index in [0.29, 0.717) is 13.2 Å². The summed E-state index contributed by atoms with van der Waals surface area (Å²) in [7, 11) is 1.50. The summed E-state index contributed by atoms with van der Waals surface area (Å²) in [4.78, 5) is 19.7. The van der Waals surface area contributed by atoms with Gasteiger partial charge in [0.05, 0.1) is 17.9 Å². The third kappa shape index (κ3) is 4.66. The number of hydrogen-bond donors (Lipinski definition) is 2. The fourth-order valence-corrected chi connectivity index (χ4v) is 1.86. The highest BCUT2D eigenvalue weighted by molar-refractivity contribution is 5.92. The van der Waals surface area contributed by atoms with Crippen molar-refractivity contribution in [2.45, 2.75) is 6.18 Å². The van der Waals surface area contributed by atoms with E-state index in [1.165, 1.54) is 37.6 Å². The van der Waals surface area contributed by atoms with Crippen LogP contribution in [0.15, 0.2) is 36.5 Å². The molecule has 1 aromatic carbocycles. The standard InChI is InChI=1S/C15H15F3N4O2/c1-24-9-8-19-13(23)12-6-7-20-14(22-12)21-11-5-3-2-4-10(11)15(16,17)18/h2-7H,8-9H2,1H3,(H,19,23)(H,20,21,22). The van der Waals surface area contributed by atoms with Crippen molar-refractivity contribution >= 4 is 17.5 Å². The first-order chi connectivity index (χ1) is 11.4. The van der Waals surface area contributed by atoms with Crippen LogP contribution in [0.4, 0.5) is 24.8 Å². The van der Waals surface area contributed by atoms with Gasteiger partial charge in [-0.15, -0.1) is 0 Å². The van der Waals surface area contributed by atoms with Gasteiger partial charge in [-0.1, -0.05) is 12.1 Å². The first kappa shape index (κ1) is 17.7. The number of nitrogens with zero attached hydrogens (tertiary/aromatic N) is 2. The summed E-state index contributed by atoms with van der Waals surface area (Å²) >= 11 is 0. The van der Waals surface area contributed by atoms with Gasteiger partial charge in [0.1, 0.15) is 5.69 Å². The van der Waals surface area contributed by atoms with E-state index in [4.69, 9.17) is 4.74 Å². The zero-order chi connectivity index (χ0) is 17.6. The van der Waals surface area contributed by atoms with Crippen molar-refractivity contribution < 1.29 is 22.7 Å². The Morgan fingerprint density at radius 2 is 2.00 bits per heavy atom. The Bertz CT molecular complexity index is 707. The molecule has 0 bridgehead atoms. The number of aromatic nitrogens is 2. The molecule has 0 aliphatic rings. The minimum atomic E-state index is -4.52. The summed E-state index contributed by atoms with van der Waals surface area (Å²) < 4.78 is 43.7. The Kier molecular flexibility index (Phi) is 5.69. The summed E-state index contributed by atoms with van der Waals surface area (Å²) in [6.07, 6.45) is -3.23. The number of nitrogens with one attached hydrogen (secondary N) is 2. The minimum absolute atomic E-state index is 0.0353. The van der Waals surface area contributed by atoms with Crippen molar-refractivity contribution in [3.05, 3.63) is 47.8 Å². The van der Waals surface area contributed by atoms with Crippen LogP contribution >= 0.6 is 0 Å². The molecule has 1 amide bonds. The number of benzene rings is 1. The van der Waals surface area contributed by atoms with Crippen LogP contribution in [0.25, 0.3) is 0 Å². The SMILES string of the molecule is COCCNC(=O)c1ccnc(Nc2ccccc2C(F)(F)F)n1. The number of anilines is 2. The summed E-state index contributed by atoms with van der Waals surface area (Å²) in [6.45, 7) is 0.625. The molecule has 0 spiro atoms. The van der Waals surface area contributed by atoms with Gasteiger partial charge >= 0.3 is 6.18 Å². The van der Waals surface area contributed by atoms with Crippen molar-refractivity contribution in [2.75, 3.05) is 25.6 Å². The Labute approximate surface area is 136 Å². The second kappa shape index (κ2) is 7.73. The van der Waals surface area contributed by atoms with Crippen molar-refractivity contribution in [1.82, 2.24) is 15.3 Å². The van der Waals surface area contributed by atoms with E-state index in [0.717, 1.165) is 6.07 Å². The van der Waals surface area contributed by atoms with Gasteiger partial charge in [-0.2, -0.15) is 13.2 Å². The topological polar surface area (TPSA) is 76.1 Å². The summed E-state index contributed by atoms with van der Waals surface area (Å²) in [5.41, 5.74) is -1.00. The molecule has 0 aliphatic carbocycles. The van der Waals surface area contributed by atoms with E-state index in [2.05, 4.69) is 20.6 Å². The molecule has 2 rings (SSSR count). The molecule has 128 valence electrons. The van der Waals surface area contributed by atoms with E-state index >= 15 is 0 Å². The molecule has 9 heteroatoms. The molecule has 24 heavy (non-hydrogen) atoms. The molecule has 0 aliphatic heterocycles. The lowest BCUT2D eigenvalue weighted by Crippen LogP contribution is -2.27. The van der Waals surface area contributed by atoms with Gasteiger partial charge in [-0.05, 0) is 18.2 Å². The highest BCUT2D eigenvalue weighted by Gasteiger charge is 2.33. The number of alkyl halides is 3. The highest BCUT2D eigenvalue weighted by atomic mass is 19.4. The molecule has 1 heterocycles. The Balaban J connectivity index is 2.17. The number of halogens is 3. The van der Waals surface area contributed by atoms with Crippen LogP contribution in [0.3, 0.4) is 0 Å². The summed E-state index contributed by atoms with van der Waals surface area (Å²) in [6, 6.07) is 6.32. The van der Waals surface area contributed by atoms with E-state index in [1.807, 2.05) is 0 Å². The lowest BCUT2D eigenvalue weighted by Gasteiger charge is -2.13. The quantitative estimate of drug-likeness (QED) is 0.791. The maximum atomic E-state index is 13.0. The van der Waals surface area contributed by atoms with E-state index in [9.17, 15) is 18.0 Å². The number of ether oxygens (including phenoxy) is 1. The van der Waals surface area contributed by atoms with Gasteiger partial charge in [0.25, 0.3) is 5.91 Å². The molecule has 2 N–H and O–H groups in total. The highest BCUT2D eigenvalue weighted by Crippen LogP contribution is 2.35. The van der Waals surface area contributed by atoms with Crippen LogP contribution in [0.1, 0.15) is 16.1 Å². The number of carbonyl (C=O) groups is 1. The fraction of sp³-hybridized carbons (Fsp3) is 0.267. The molecule has 0 unspecified atom stereocenters. The van der Waals surface area contributed by atoms with E-state index < -0.39 is 17.6 Å². The first-order valence-electron chi connectivity index (χ1n) is 6.95. The second-order valence-corrected chi connectivity index (χ2v) is 4.68. The van der Waals surface area contributed by atoms with E-state index in [-0.39, 0.29) is 17.3 Å². The fourth-order valence-electron chi connectivity index (χ4n) is 1.86. The third-order valence-corrected chi connectivity index (χ3v) is 2.96. The van der Waals surface area contributed by atoms with Gasteiger partial charge in [0.2, 0.25) is 5.95 Å². The zero-order valence-electron chi connectivity index (χ0n) is 12.7. The van der Waals surface area contributed by atoms with Crippen LogP contribution in [0, 0.1) is 0 Å². The normalized spacial score (nSPS) is 11.2. The molecule has 2 aromatic rings. The monoisotopic (exact) mass is 340 g/mol. The largest absolute Gasteiger partial charge is 0.418 e. The smallest absolute Gasteiger partial charge is 0.383 e.